The molecule has 2 aliphatic rings. The molecule has 1 N–H and O–H groups in total. The van der Waals surface area contributed by atoms with E-state index >= 15 is 0 Å². The van der Waals surface area contributed by atoms with E-state index in [0.29, 0.717) is 36.5 Å². The molecule has 2 fully saturated rings. The number of carbonyl (C=O) groups excluding carboxylic acids is 3. The van der Waals surface area contributed by atoms with Crippen molar-refractivity contribution in [2.45, 2.75) is 52.5 Å². The van der Waals surface area contributed by atoms with Crippen molar-refractivity contribution in [3.8, 4) is 6.07 Å². The van der Waals surface area contributed by atoms with Crippen LogP contribution >= 0.6 is 0 Å². The van der Waals surface area contributed by atoms with Crippen LogP contribution in [0, 0.1) is 42.9 Å². The molecule has 8 nitrogen and oxygen atoms in total. The van der Waals surface area contributed by atoms with Gasteiger partial charge >= 0.3 is 5.97 Å². The van der Waals surface area contributed by atoms with Gasteiger partial charge in [0, 0.05) is 17.5 Å². The topological polar surface area (TPSA) is 114 Å². The van der Waals surface area contributed by atoms with E-state index in [1.807, 2.05) is 19.9 Å². The molecule has 1 amide bonds. The van der Waals surface area contributed by atoms with E-state index in [1.165, 1.54) is 0 Å². The van der Waals surface area contributed by atoms with Crippen LogP contribution in [-0.4, -0.2) is 28.8 Å². The monoisotopic (exact) mass is 437 g/mol. The summed E-state index contributed by atoms with van der Waals surface area (Å²) in [5, 5.41) is 12.4. The lowest BCUT2D eigenvalue weighted by molar-refractivity contribution is -0.155. The molecule has 0 saturated heterocycles. The summed E-state index contributed by atoms with van der Waals surface area (Å²) in [5.41, 5.74) is 1.97. The van der Waals surface area contributed by atoms with Gasteiger partial charge in [-0.25, -0.2) is 0 Å². The Morgan fingerprint density at radius 1 is 1.28 bits per heavy atom. The Bertz CT molecular complexity index is 1060. The molecule has 2 unspecified atom stereocenters. The maximum atomic E-state index is 12.6. The van der Waals surface area contributed by atoms with E-state index < -0.39 is 18.5 Å². The Morgan fingerprint density at radius 2 is 2.00 bits per heavy atom. The summed E-state index contributed by atoms with van der Waals surface area (Å²) in [6.45, 7) is 3.61. The van der Waals surface area contributed by atoms with Gasteiger partial charge in [0.1, 0.15) is 23.4 Å². The first kappa shape index (κ1) is 21.9. The van der Waals surface area contributed by atoms with Crippen LogP contribution in [0.3, 0.4) is 0 Å². The molecule has 2 aliphatic carbocycles. The van der Waals surface area contributed by atoms with E-state index in [2.05, 4.69) is 11.4 Å². The highest BCUT2D eigenvalue weighted by Gasteiger charge is 2.41. The van der Waals surface area contributed by atoms with Crippen LogP contribution in [0.4, 0.5) is 5.82 Å². The first-order valence-corrected chi connectivity index (χ1v) is 11.0. The number of nitriles is 1. The number of carbonyl (C=O) groups is 3. The van der Waals surface area contributed by atoms with Gasteiger partial charge in [0.25, 0.3) is 5.91 Å². The fourth-order valence-corrected chi connectivity index (χ4v) is 4.98. The largest absolute Gasteiger partial charge is 0.467 e. The minimum absolute atomic E-state index is 0.0529. The lowest BCUT2D eigenvalue weighted by atomic mass is 9.67. The van der Waals surface area contributed by atoms with E-state index in [-0.39, 0.29) is 23.5 Å². The number of amides is 1. The van der Waals surface area contributed by atoms with Crippen molar-refractivity contribution in [1.29, 1.82) is 5.26 Å². The van der Waals surface area contributed by atoms with Gasteiger partial charge in [-0.05, 0) is 57.2 Å². The van der Waals surface area contributed by atoms with E-state index in [0.717, 1.165) is 30.5 Å². The predicted molar refractivity (Wildman–Crippen MR) is 115 cm³/mol. The summed E-state index contributed by atoms with van der Waals surface area (Å²) in [7, 11) is 0. The second-order valence-corrected chi connectivity index (χ2v) is 8.76. The van der Waals surface area contributed by atoms with Gasteiger partial charge in [-0.2, -0.15) is 5.26 Å². The van der Waals surface area contributed by atoms with Gasteiger partial charge in [0.05, 0.1) is 24.3 Å². The number of hydrogen-bond donors (Lipinski definition) is 1. The Labute approximate surface area is 186 Å². The van der Waals surface area contributed by atoms with Crippen LogP contribution in [0.15, 0.2) is 22.8 Å². The number of ketones is 1. The van der Waals surface area contributed by atoms with Gasteiger partial charge in [0.15, 0.2) is 6.61 Å². The van der Waals surface area contributed by atoms with Crippen molar-refractivity contribution in [2.75, 3.05) is 11.9 Å². The number of rotatable bonds is 6. The predicted octanol–water partition coefficient (Wildman–Crippen LogP) is 3.50. The van der Waals surface area contributed by atoms with Crippen LogP contribution in [0.25, 0.3) is 0 Å². The third-order valence-corrected chi connectivity index (χ3v) is 6.82. The number of aromatic nitrogens is 1. The summed E-state index contributed by atoms with van der Waals surface area (Å²) in [6.07, 6.45) is 5.29. The van der Waals surface area contributed by atoms with Crippen molar-refractivity contribution in [1.82, 2.24) is 4.57 Å². The highest BCUT2D eigenvalue weighted by molar-refractivity contribution is 5.94. The maximum absolute atomic E-state index is 12.6. The van der Waals surface area contributed by atoms with Crippen LogP contribution < -0.4 is 5.32 Å². The average Bonchev–Trinajstić information content (AvgIpc) is 3.35. The molecule has 2 atom stereocenters. The average molecular weight is 437 g/mol. The summed E-state index contributed by atoms with van der Waals surface area (Å²) in [4.78, 5) is 37.4. The van der Waals surface area contributed by atoms with E-state index in [4.69, 9.17) is 9.15 Å². The summed E-state index contributed by atoms with van der Waals surface area (Å²) >= 11 is 0. The standard InChI is InChI=1S/C24H27N3O5/c1-14-15(2)27(12-19-7-4-8-31-19)23(20(14)11-25)26-21(28)13-32-24(30)18-9-16-5-3-6-17(10-18)22(16)29/h4,7-8,16-18H,3,5-6,9-10,12-13H2,1-2H3,(H,26,28). The molecule has 0 radical (unpaired) electrons. The minimum Gasteiger partial charge on any atom is -0.467 e. The fraction of sp³-hybridized carbons (Fsp3) is 0.500. The Morgan fingerprint density at radius 3 is 2.62 bits per heavy atom. The van der Waals surface area contributed by atoms with Gasteiger partial charge < -0.3 is 19.0 Å². The molecule has 2 bridgehead atoms. The zero-order valence-corrected chi connectivity index (χ0v) is 18.3. The molecule has 2 heterocycles. The molecule has 2 saturated carbocycles. The number of esters is 1. The molecule has 32 heavy (non-hydrogen) atoms. The van der Waals surface area contributed by atoms with Crippen LogP contribution in [0.2, 0.25) is 0 Å². The Kier molecular flexibility index (Phi) is 6.17. The van der Waals surface area contributed by atoms with E-state index in [9.17, 15) is 19.6 Å². The first-order valence-electron chi connectivity index (χ1n) is 11.0. The molecule has 2 aromatic heterocycles. The normalized spacial score (nSPS) is 22.3. The number of nitrogens with one attached hydrogen (secondary N) is 1. The zero-order chi connectivity index (χ0) is 22.8. The number of Topliss-reactive ketones (excluding diaryl/α,β-unsaturated/α-hetero) is 1. The number of nitrogens with zero attached hydrogens (tertiary/aromatic N) is 2. The number of ether oxygens (including phenoxy) is 1. The minimum atomic E-state index is -0.514. The summed E-state index contributed by atoms with van der Waals surface area (Å²) in [6, 6.07) is 5.74. The van der Waals surface area contributed by atoms with Crippen molar-refractivity contribution in [3.63, 3.8) is 0 Å². The summed E-state index contributed by atoms with van der Waals surface area (Å²) in [5.74, 6) is -0.0538. The van der Waals surface area contributed by atoms with Crippen molar-refractivity contribution in [2.24, 2.45) is 17.8 Å². The quantitative estimate of drug-likeness (QED) is 0.692. The molecular formula is C24H27N3O5. The van der Waals surface area contributed by atoms with Crippen molar-refractivity contribution >= 4 is 23.5 Å². The molecule has 0 aliphatic heterocycles. The Hall–Kier alpha value is -3.34. The SMILES string of the molecule is Cc1c(C#N)c(NC(=O)COC(=O)C2CC3CCCC(C2)C3=O)n(Cc2ccco2)c1C. The molecule has 2 aromatic rings. The lowest BCUT2D eigenvalue weighted by Crippen LogP contribution is -2.40. The number of fused-ring (bicyclic) bond motifs is 2. The number of anilines is 1. The maximum Gasteiger partial charge on any atom is 0.309 e. The molecular weight excluding hydrogens is 410 g/mol. The van der Waals surface area contributed by atoms with Crippen LogP contribution in [0.5, 0.6) is 0 Å². The number of hydrogen-bond acceptors (Lipinski definition) is 6. The van der Waals surface area contributed by atoms with Gasteiger partial charge in [-0.15, -0.1) is 0 Å². The molecule has 8 heteroatoms. The second kappa shape index (κ2) is 9.03. The zero-order valence-electron chi connectivity index (χ0n) is 18.3. The third-order valence-electron chi connectivity index (χ3n) is 6.82. The molecule has 4 rings (SSSR count). The van der Waals surface area contributed by atoms with E-state index in [1.54, 1.807) is 16.9 Å². The molecule has 168 valence electrons. The highest BCUT2D eigenvalue weighted by Crippen LogP contribution is 2.40. The van der Waals surface area contributed by atoms with Crippen LogP contribution in [0.1, 0.15) is 54.7 Å². The third kappa shape index (κ3) is 4.20. The highest BCUT2D eigenvalue weighted by atomic mass is 16.5. The fourth-order valence-electron chi connectivity index (χ4n) is 4.98. The van der Waals surface area contributed by atoms with Gasteiger partial charge in [-0.3, -0.25) is 14.4 Å². The van der Waals surface area contributed by atoms with Gasteiger partial charge in [-0.1, -0.05) is 6.42 Å². The van der Waals surface area contributed by atoms with Crippen molar-refractivity contribution in [3.05, 3.63) is 41.0 Å². The number of furan rings is 1. The summed E-state index contributed by atoms with van der Waals surface area (Å²) < 4.78 is 12.5. The van der Waals surface area contributed by atoms with Crippen molar-refractivity contribution < 1.29 is 23.5 Å². The lowest BCUT2D eigenvalue weighted by Gasteiger charge is -2.36. The van der Waals surface area contributed by atoms with Gasteiger partial charge in [0.2, 0.25) is 0 Å². The van der Waals surface area contributed by atoms with Crippen LogP contribution in [-0.2, 0) is 25.7 Å². The first-order chi connectivity index (χ1) is 15.4. The molecule has 0 aromatic carbocycles. The second-order valence-electron chi connectivity index (χ2n) is 8.76. The Balaban J connectivity index is 1.41. The molecule has 0 spiro atoms. The smallest absolute Gasteiger partial charge is 0.309 e.